The molecular formula is C37H63N3O10. The maximum absolute atomic E-state index is 12.8. The van der Waals surface area contributed by atoms with Gasteiger partial charge in [0.1, 0.15) is 17.9 Å². The number of carbonyl (C=O) groups is 7. The third kappa shape index (κ3) is 23.0. The first kappa shape index (κ1) is 44.5. The molecule has 0 aromatic carbocycles. The molecule has 50 heavy (non-hydrogen) atoms. The molecule has 0 spiro atoms. The summed E-state index contributed by atoms with van der Waals surface area (Å²) in [6, 6.07) is -2.54. The molecule has 6 N–H and O–H groups in total. The largest absolute Gasteiger partial charge is 0.481 e. The lowest BCUT2D eigenvalue weighted by Crippen LogP contribution is -2.46. The first-order valence-electron chi connectivity index (χ1n) is 18.9. The molecule has 0 bridgehead atoms. The number of ketones is 1. The van der Waals surface area contributed by atoms with E-state index in [2.05, 4.69) is 16.0 Å². The number of hydrogen-bond donors (Lipinski definition) is 6. The standard InChI is InChI=1S/C37H63N3O10/c1-27(41)18-23-30(36(47)48)39-33(43)25-24-31(37(49)50)40-35(46)29-21-19-28(20-22-29)26-38-32(42)16-14-12-10-8-6-4-2-3-5-7-9-11-13-15-17-34(44)45/h28-31H,2-26H2,1H3,(H,38,42)(H,39,43)(H,40,46)(H,44,45)(H,47,48)(H,49,50)/t28-,29-,30-,31-/m0/s1. The van der Waals surface area contributed by atoms with Crippen molar-refractivity contribution in [3.8, 4) is 0 Å². The number of carboxylic acid groups (broad SMARTS) is 3. The summed E-state index contributed by atoms with van der Waals surface area (Å²) < 4.78 is 0. The van der Waals surface area contributed by atoms with E-state index in [0.29, 0.717) is 25.8 Å². The van der Waals surface area contributed by atoms with Crippen LogP contribution in [-0.4, -0.2) is 75.4 Å². The molecule has 3 amide bonds. The van der Waals surface area contributed by atoms with Crippen molar-refractivity contribution in [2.75, 3.05) is 6.54 Å². The molecule has 1 fully saturated rings. The maximum Gasteiger partial charge on any atom is 0.326 e. The minimum Gasteiger partial charge on any atom is -0.481 e. The van der Waals surface area contributed by atoms with Crippen LogP contribution in [0.1, 0.15) is 161 Å². The van der Waals surface area contributed by atoms with Crippen LogP contribution in [0.5, 0.6) is 0 Å². The summed E-state index contributed by atoms with van der Waals surface area (Å²) in [5, 5.41) is 35.3. The molecule has 0 heterocycles. The normalized spacial score (nSPS) is 16.9. The molecule has 1 rings (SSSR count). The van der Waals surface area contributed by atoms with Gasteiger partial charge in [0.05, 0.1) is 0 Å². The minimum atomic E-state index is -1.29. The van der Waals surface area contributed by atoms with Gasteiger partial charge in [0.2, 0.25) is 17.7 Å². The van der Waals surface area contributed by atoms with Gasteiger partial charge in [0.15, 0.2) is 0 Å². The van der Waals surface area contributed by atoms with Crippen molar-refractivity contribution in [1.29, 1.82) is 0 Å². The predicted octanol–water partition coefficient (Wildman–Crippen LogP) is 5.52. The highest BCUT2D eigenvalue weighted by atomic mass is 16.4. The van der Waals surface area contributed by atoms with Gasteiger partial charge < -0.3 is 36.1 Å². The van der Waals surface area contributed by atoms with E-state index in [0.717, 1.165) is 51.4 Å². The SMILES string of the molecule is CC(=O)CC[C@H](NC(=O)CC[C@H](NC(=O)[C@H]1CC[C@H](CNC(=O)CCCCCCCCCCCCCCCCC(=O)O)CC1)C(=O)O)C(=O)O. The molecule has 13 heteroatoms. The first-order chi connectivity index (χ1) is 23.9. The van der Waals surface area contributed by atoms with E-state index in [1.807, 2.05) is 0 Å². The van der Waals surface area contributed by atoms with E-state index in [9.17, 15) is 43.8 Å². The third-order valence-electron chi connectivity index (χ3n) is 9.54. The van der Waals surface area contributed by atoms with E-state index in [4.69, 9.17) is 5.11 Å². The van der Waals surface area contributed by atoms with Crippen LogP contribution < -0.4 is 16.0 Å². The average Bonchev–Trinajstić information content (AvgIpc) is 3.06. The molecule has 0 unspecified atom stereocenters. The number of unbranched alkanes of at least 4 members (excludes halogenated alkanes) is 13. The van der Waals surface area contributed by atoms with Gasteiger partial charge in [-0.1, -0.05) is 77.0 Å². The summed E-state index contributed by atoms with van der Waals surface area (Å²) in [5.74, 6) is -4.57. The average molecular weight is 710 g/mol. The Labute approximate surface area is 297 Å². The van der Waals surface area contributed by atoms with Crippen LogP contribution in [0.2, 0.25) is 0 Å². The zero-order valence-corrected chi connectivity index (χ0v) is 30.2. The van der Waals surface area contributed by atoms with Crippen LogP contribution in [-0.2, 0) is 33.6 Å². The number of nitrogens with one attached hydrogen (secondary N) is 3. The Morgan fingerprint density at radius 1 is 0.540 bits per heavy atom. The fourth-order valence-electron chi connectivity index (χ4n) is 6.35. The summed E-state index contributed by atoms with van der Waals surface area (Å²) in [6.07, 6.45) is 18.7. The molecule has 1 saturated carbocycles. The second kappa shape index (κ2) is 27.2. The number of carboxylic acids is 3. The highest BCUT2D eigenvalue weighted by Crippen LogP contribution is 2.29. The molecule has 0 radical (unpaired) electrons. The van der Waals surface area contributed by atoms with Crippen molar-refractivity contribution >= 4 is 41.4 Å². The van der Waals surface area contributed by atoms with E-state index in [1.54, 1.807) is 0 Å². The Balaban J connectivity index is 2.12. The van der Waals surface area contributed by atoms with Gasteiger partial charge in [-0.15, -0.1) is 0 Å². The number of Topliss-reactive ketones (excluding diaryl/α,β-unsaturated/α-hetero) is 1. The molecule has 1 aliphatic carbocycles. The van der Waals surface area contributed by atoms with Crippen LogP contribution in [0.25, 0.3) is 0 Å². The Morgan fingerprint density at radius 3 is 1.44 bits per heavy atom. The molecule has 0 aromatic rings. The van der Waals surface area contributed by atoms with E-state index < -0.39 is 35.9 Å². The van der Waals surface area contributed by atoms with Gasteiger partial charge in [0.25, 0.3) is 0 Å². The Morgan fingerprint density at radius 2 is 0.980 bits per heavy atom. The van der Waals surface area contributed by atoms with Crippen LogP contribution in [0.4, 0.5) is 0 Å². The fourth-order valence-corrected chi connectivity index (χ4v) is 6.35. The van der Waals surface area contributed by atoms with Gasteiger partial charge in [-0.3, -0.25) is 19.2 Å². The highest BCUT2D eigenvalue weighted by Gasteiger charge is 2.30. The van der Waals surface area contributed by atoms with Crippen molar-refractivity contribution in [2.45, 2.75) is 173 Å². The molecule has 0 aromatic heterocycles. The molecule has 286 valence electrons. The summed E-state index contributed by atoms with van der Waals surface area (Å²) in [4.78, 5) is 82.2. The van der Waals surface area contributed by atoms with E-state index in [1.165, 1.54) is 58.3 Å². The van der Waals surface area contributed by atoms with Gasteiger partial charge in [0, 0.05) is 38.1 Å². The summed E-state index contributed by atoms with van der Waals surface area (Å²) in [5.41, 5.74) is 0. The Bertz CT molecular complexity index is 1060. The molecule has 1 aliphatic rings. The number of carbonyl (C=O) groups excluding carboxylic acids is 4. The summed E-state index contributed by atoms with van der Waals surface area (Å²) >= 11 is 0. The zero-order valence-electron chi connectivity index (χ0n) is 30.2. The Hall–Kier alpha value is -3.51. The topological polar surface area (TPSA) is 216 Å². The maximum atomic E-state index is 12.8. The molecular weight excluding hydrogens is 646 g/mol. The summed E-state index contributed by atoms with van der Waals surface area (Å²) in [7, 11) is 0. The van der Waals surface area contributed by atoms with Crippen molar-refractivity contribution in [3.63, 3.8) is 0 Å². The molecule has 0 aliphatic heterocycles. The van der Waals surface area contributed by atoms with Gasteiger partial charge >= 0.3 is 17.9 Å². The van der Waals surface area contributed by atoms with Crippen molar-refractivity contribution < 1.29 is 48.9 Å². The van der Waals surface area contributed by atoms with Gasteiger partial charge in [-0.2, -0.15) is 0 Å². The number of hydrogen-bond acceptors (Lipinski definition) is 7. The van der Waals surface area contributed by atoms with Crippen LogP contribution >= 0.6 is 0 Å². The summed E-state index contributed by atoms with van der Waals surface area (Å²) in [6.45, 7) is 1.89. The minimum absolute atomic E-state index is 0.00863. The number of aliphatic carboxylic acids is 3. The van der Waals surface area contributed by atoms with Crippen LogP contribution in [0.3, 0.4) is 0 Å². The lowest BCUT2D eigenvalue weighted by atomic mass is 9.81. The van der Waals surface area contributed by atoms with Crippen LogP contribution in [0, 0.1) is 11.8 Å². The van der Waals surface area contributed by atoms with Crippen molar-refractivity contribution in [3.05, 3.63) is 0 Å². The zero-order chi connectivity index (χ0) is 37.1. The fraction of sp³-hybridized carbons (Fsp3) is 0.811. The van der Waals surface area contributed by atoms with E-state index in [-0.39, 0.29) is 61.5 Å². The first-order valence-corrected chi connectivity index (χ1v) is 18.9. The van der Waals surface area contributed by atoms with Crippen molar-refractivity contribution in [2.24, 2.45) is 11.8 Å². The van der Waals surface area contributed by atoms with Gasteiger partial charge in [-0.05, 0) is 64.2 Å². The van der Waals surface area contributed by atoms with Crippen molar-refractivity contribution in [1.82, 2.24) is 16.0 Å². The molecule has 2 atom stereocenters. The third-order valence-corrected chi connectivity index (χ3v) is 9.54. The smallest absolute Gasteiger partial charge is 0.326 e. The highest BCUT2D eigenvalue weighted by molar-refractivity contribution is 5.87. The molecule has 0 saturated heterocycles. The van der Waals surface area contributed by atoms with Crippen LogP contribution in [0.15, 0.2) is 0 Å². The lowest BCUT2D eigenvalue weighted by molar-refractivity contribution is -0.144. The predicted molar refractivity (Wildman–Crippen MR) is 188 cm³/mol. The monoisotopic (exact) mass is 709 g/mol. The Kier molecular flexibility index (Phi) is 24.3. The second-order valence-corrected chi connectivity index (χ2v) is 14.0. The lowest BCUT2D eigenvalue weighted by Gasteiger charge is -2.28. The van der Waals surface area contributed by atoms with Gasteiger partial charge in [-0.25, -0.2) is 9.59 Å². The molecule has 13 nitrogen and oxygen atoms in total. The second-order valence-electron chi connectivity index (χ2n) is 14.0. The number of rotatable bonds is 30. The number of amides is 3. The quantitative estimate of drug-likeness (QED) is 0.0513. The van der Waals surface area contributed by atoms with E-state index >= 15 is 0 Å².